The molecule has 0 bridgehead atoms. The van der Waals surface area contributed by atoms with E-state index >= 15 is 0 Å². The second-order valence-corrected chi connectivity index (χ2v) is 4.02. The van der Waals surface area contributed by atoms with E-state index in [0.717, 1.165) is 5.56 Å². The molecule has 0 aliphatic rings. The van der Waals surface area contributed by atoms with Crippen LogP contribution in [0.1, 0.15) is 22.3 Å². The van der Waals surface area contributed by atoms with Crippen molar-refractivity contribution in [2.45, 2.75) is 27.2 Å². The first-order chi connectivity index (χ1) is 6.91. The zero-order valence-electron chi connectivity index (χ0n) is 9.96. The summed E-state index contributed by atoms with van der Waals surface area (Å²) in [5.41, 5.74) is 10.4. The molecule has 1 aromatic rings. The van der Waals surface area contributed by atoms with E-state index in [9.17, 15) is 4.79 Å². The molecule has 0 heterocycles. The third kappa shape index (κ3) is 3.38. The maximum atomic E-state index is 10.9. The Hall–Kier alpha value is -1.28. The second-order valence-electron chi connectivity index (χ2n) is 4.02. The van der Waals surface area contributed by atoms with Gasteiger partial charge in [-0.3, -0.25) is 4.79 Å². The molecule has 0 aromatic heterocycles. The number of hydrogen-bond donors (Lipinski definition) is 1. The van der Waals surface area contributed by atoms with Crippen LogP contribution in [0, 0.1) is 20.8 Å². The Balaban J connectivity index is 0.00000225. The fraction of sp³-hybridized carbons (Fsp3) is 0.308. The van der Waals surface area contributed by atoms with Gasteiger partial charge in [-0.05, 0) is 37.5 Å². The smallest absolute Gasteiger partial charge is 0.244 e. The lowest BCUT2D eigenvalue weighted by atomic mass is 9.94. The maximum Gasteiger partial charge on any atom is 0.244 e. The SMILES string of the molecule is C=C(Cc1c(C)cc(C)cc1C)C(N)=O.Cl. The van der Waals surface area contributed by atoms with Crippen LogP contribution < -0.4 is 5.73 Å². The molecule has 0 saturated heterocycles. The van der Waals surface area contributed by atoms with Gasteiger partial charge in [0.1, 0.15) is 0 Å². The molecule has 0 saturated carbocycles. The Kier molecular flexibility index (Phi) is 5.25. The quantitative estimate of drug-likeness (QED) is 0.810. The topological polar surface area (TPSA) is 43.1 Å². The first-order valence-electron chi connectivity index (χ1n) is 4.96. The summed E-state index contributed by atoms with van der Waals surface area (Å²) >= 11 is 0. The monoisotopic (exact) mass is 239 g/mol. The van der Waals surface area contributed by atoms with E-state index in [4.69, 9.17) is 5.73 Å². The summed E-state index contributed by atoms with van der Waals surface area (Å²) in [6, 6.07) is 4.22. The number of carbonyl (C=O) groups is 1. The van der Waals surface area contributed by atoms with Crippen LogP contribution in [0.4, 0.5) is 0 Å². The van der Waals surface area contributed by atoms with E-state index < -0.39 is 5.91 Å². The molecule has 0 aliphatic carbocycles. The zero-order chi connectivity index (χ0) is 11.6. The molecule has 0 aliphatic heterocycles. The molecular formula is C13H18ClNO. The van der Waals surface area contributed by atoms with E-state index in [2.05, 4.69) is 25.6 Å². The number of amides is 1. The third-order valence-corrected chi connectivity index (χ3v) is 2.58. The number of aryl methyl sites for hydroxylation is 3. The highest BCUT2D eigenvalue weighted by Crippen LogP contribution is 2.19. The number of primary amides is 1. The van der Waals surface area contributed by atoms with Crippen LogP contribution in [0.15, 0.2) is 24.3 Å². The number of halogens is 1. The Morgan fingerprint density at radius 3 is 2.06 bits per heavy atom. The molecule has 0 atom stereocenters. The van der Waals surface area contributed by atoms with E-state index in [1.165, 1.54) is 16.7 Å². The Bertz CT molecular complexity index is 401. The highest BCUT2D eigenvalue weighted by Gasteiger charge is 2.08. The lowest BCUT2D eigenvalue weighted by molar-refractivity contribution is -0.114. The van der Waals surface area contributed by atoms with Gasteiger partial charge < -0.3 is 5.73 Å². The summed E-state index contributed by atoms with van der Waals surface area (Å²) in [5, 5.41) is 0. The molecule has 2 N–H and O–H groups in total. The molecule has 16 heavy (non-hydrogen) atoms. The minimum Gasteiger partial charge on any atom is -0.366 e. The van der Waals surface area contributed by atoms with Gasteiger partial charge in [0, 0.05) is 12.0 Å². The third-order valence-electron chi connectivity index (χ3n) is 2.58. The first-order valence-corrected chi connectivity index (χ1v) is 4.96. The van der Waals surface area contributed by atoms with Crippen molar-refractivity contribution in [3.05, 3.63) is 46.5 Å². The molecule has 0 spiro atoms. The minimum absolute atomic E-state index is 0. The van der Waals surface area contributed by atoms with Crippen LogP contribution in [-0.2, 0) is 11.2 Å². The summed E-state index contributed by atoms with van der Waals surface area (Å²) < 4.78 is 0. The largest absolute Gasteiger partial charge is 0.366 e. The molecular weight excluding hydrogens is 222 g/mol. The maximum absolute atomic E-state index is 10.9. The summed E-state index contributed by atoms with van der Waals surface area (Å²) in [5.74, 6) is -0.422. The van der Waals surface area contributed by atoms with Crippen molar-refractivity contribution >= 4 is 18.3 Å². The molecule has 0 unspecified atom stereocenters. The van der Waals surface area contributed by atoms with E-state index in [0.29, 0.717) is 12.0 Å². The number of hydrogen-bond acceptors (Lipinski definition) is 1. The molecule has 1 amide bonds. The van der Waals surface area contributed by atoms with Gasteiger partial charge in [-0.2, -0.15) is 0 Å². The Morgan fingerprint density at radius 1 is 1.25 bits per heavy atom. The van der Waals surface area contributed by atoms with Gasteiger partial charge in [-0.1, -0.05) is 24.3 Å². The lowest BCUT2D eigenvalue weighted by Gasteiger charge is -2.11. The van der Waals surface area contributed by atoms with Gasteiger partial charge in [0.25, 0.3) is 0 Å². The van der Waals surface area contributed by atoms with Crippen LogP contribution in [0.3, 0.4) is 0 Å². The van der Waals surface area contributed by atoms with Crippen molar-refractivity contribution in [3.8, 4) is 0 Å². The van der Waals surface area contributed by atoms with Crippen LogP contribution in [0.25, 0.3) is 0 Å². The van der Waals surface area contributed by atoms with Gasteiger partial charge >= 0.3 is 0 Å². The summed E-state index contributed by atoms with van der Waals surface area (Å²) in [6.07, 6.45) is 0.549. The fourth-order valence-electron chi connectivity index (χ4n) is 1.79. The normalized spacial score (nSPS) is 9.44. The van der Waals surface area contributed by atoms with Crippen molar-refractivity contribution in [2.75, 3.05) is 0 Å². The second kappa shape index (κ2) is 5.71. The molecule has 0 radical (unpaired) electrons. The number of nitrogens with two attached hydrogens (primary N) is 1. The van der Waals surface area contributed by atoms with E-state index in [1.54, 1.807) is 0 Å². The van der Waals surface area contributed by atoms with Gasteiger partial charge in [0.05, 0.1) is 0 Å². The van der Waals surface area contributed by atoms with Crippen molar-refractivity contribution in [2.24, 2.45) is 5.73 Å². The number of rotatable bonds is 3. The van der Waals surface area contributed by atoms with Crippen molar-refractivity contribution < 1.29 is 4.79 Å². The molecule has 1 aromatic carbocycles. The lowest BCUT2D eigenvalue weighted by Crippen LogP contribution is -2.15. The average Bonchev–Trinajstić information content (AvgIpc) is 2.10. The van der Waals surface area contributed by atoms with Crippen molar-refractivity contribution in [1.29, 1.82) is 0 Å². The molecule has 0 fully saturated rings. The summed E-state index contributed by atoms with van der Waals surface area (Å²) in [7, 11) is 0. The van der Waals surface area contributed by atoms with Crippen molar-refractivity contribution in [3.63, 3.8) is 0 Å². The zero-order valence-corrected chi connectivity index (χ0v) is 10.8. The highest BCUT2D eigenvalue weighted by atomic mass is 35.5. The van der Waals surface area contributed by atoms with E-state index in [-0.39, 0.29) is 12.4 Å². The predicted octanol–water partition coefficient (Wildman–Crippen LogP) is 2.62. The van der Waals surface area contributed by atoms with Crippen LogP contribution >= 0.6 is 12.4 Å². The van der Waals surface area contributed by atoms with Crippen molar-refractivity contribution in [1.82, 2.24) is 0 Å². The molecule has 88 valence electrons. The highest BCUT2D eigenvalue weighted by molar-refractivity contribution is 5.91. The first kappa shape index (κ1) is 14.7. The summed E-state index contributed by atoms with van der Waals surface area (Å²) in [4.78, 5) is 10.9. The molecule has 3 heteroatoms. The van der Waals surface area contributed by atoms with Crippen LogP contribution in [-0.4, -0.2) is 5.91 Å². The van der Waals surface area contributed by atoms with Crippen LogP contribution in [0.5, 0.6) is 0 Å². The van der Waals surface area contributed by atoms with Gasteiger partial charge in [-0.25, -0.2) is 0 Å². The molecule has 2 nitrogen and oxygen atoms in total. The van der Waals surface area contributed by atoms with Gasteiger partial charge in [0.2, 0.25) is 5.91 Å². The Labute approximate surface area is 103 Å². The number of carbonyl (C=O) groups excluding carboxylic acids is 1. The van der Waals surface area contributed by atoms with Gasteiger partial charge in [0.15, 0.2) is 0 Å². The number of benzene rings is 1. The predicted molar refractivity (Wildman–Crippen MR) is 69.9 cm³/mol. The summed E-state index contributed by atoms with van der Waals surface area (Å²) in [6.45, 7) is 9.83. The Morgan fingerprint density at radius 2 is 1.69 bits per heavy atom. The average molecular weight is 240 g/mol. The van der Waals surface area contributed by atoms with E-state index in [1.807, 2.05) is 13.8 Å². The van der Waals surface area contributed by atoms with Crippen LogP contribution in [0.2, 0.25) is 0 Å². The van der Waals surface area contributed by atoms with Gasteiger partial charge in [-0.15, -0.1) is 12.4 Å². The standard InChI is InChI=1S/C13H17NO.ClH/c1-8-5-9(2)12(10(3)6-8)7-11(4)13(14)15;/h5-6H,4,7H2,1-3H3,(H2,14,15);1H. The fourth-order valence-corrected chi connectivity index (χ4v) is 1.79. The molecule has 1 rings (SSSR count). The minimum atomic E-state index is -0.422.